The highest BCUT2D eigenvalue weighted by Crippen LogP contribution is 2.36. The molecule has 0 radical (unpaired) electrons. The molecule has 0 heterocycles. The van der Waals surface area contributed by atoms with Gasteiger partial charge in [0.1, 0.15) is 5.75 Å². The number of carbonyl (C=O) groups excluding carboxylic acids is 1. The van der Waals surface area contributed by atoms with Crippen LogP contribution in [0.2, 0.25) is 0 Å². The normalized spacial score (nSPS) is 18.4. The molecule has 0 bridgehead atoms. The van der Waals surface area contributed by atoms with Gasteiger partial charge >= 0.3 is 5.97 Å². The number of ether oxygens (including phenoxy) is 2. The van der Waals surface area contributed by atoms with Crippen LogP contribution in [0.4, 0.5) is 0 Å². The average Bonchev–Trinajstić information content (AvgIpc) is 2.46. The van der Waals surface area contributed by atoms with Gasteiger partial charge in [0.25, 0.3) is 0 Å². The minimum absolute atomic E-state index is 0.270. The Bertz CT molecular complexity index is 529. The first-order valence-electron chi connectivity index (χ1n) is 5.96. The molecule has 1 unspecified atom stereocenters. The molecule has 0 aromatic heterocycles. The summed E-state index contributed by atoms with van der Waals surface area (Å²) in [6, 6.07) is 7.48. The van der Waals surface area contributed by atoms with E-state index in [0.717, 1.165) is 16.9 Å². The van der Waals surface area contributed by atoms with Gasteiger partial charge in [-0.2, -0.15) is 0 Å². The van der Waals surface area contributed by atoms with Crippen LogP contribution < -0.4 is 4.74 Å². The predicted molar refractivity (Wildman–Crippen MR) is 75.0 cm³/mol. The summed E-state index contributed by atoms with van der Waals surface area (Å²) in [6.45, 7) is 0. The minimum Gasteiger partial charge on any atom is -0.497 e. The molecule has 1 aromatic carbocycles. The molecule has 0 amide bonds. The zero-order chi connectivity index (χ0) is 13.8. The van der Waals surface area contributed by atoms with Gasteiger partial charge in [0.05, 0.1) is 20.1 Å². The second kappa shape index (κ2) is 5.93. The molecule has 0 N–H and O–H groups in total. The molecule has 2 rings (SSSR count). The molecule has 1 aromatic rings. The molecule has 0 saturated carbocycles. The highest BCUT2D eigenvalue weighted by atomic mass is 35.5. The Labute approximate surface area is 117 Å². The zero-order valence-corrected chi connectivity index (χ0v) is 11.6. The standard InChI is InChI=1S/C15H15ClO3/c1-18-11-8-6-10(7-9-11)14-12(15(17)19-2)4-3-5-13(14)16/h3,5-9,12H,4H2,1-2H3. The number of hydrogen-bond acceptors (Lipinski definition) is 3. The van der Waals surface area contributed by atoms with Crippen LogP contribution in [0.25, 0.3) is 5.57 Å². The molecule has 1 aliphatic carbocycles. The number of halogens is 1. The molecule has 0 spiro atoms. The number of hydrogen-bond donors (Lipinski definition) is 0. The van der Waals surface area contributed by atoms with Gasteiger partial charge in [-0.15, -0.1) is 0 Å². The van der Waals surface area contributed by atoms with Crippen LogP contribution >= 0.6 is 11.6 Å². The monoisotopic (exact) mass is 278 g/mol. The van der Waals surface area contributed by atoms with Crippen molar-refractivity contribution >= 4 is 23.1 Å². The van der Waals surface area contributed by atoms with Crippen molar-refractivity contribution in [1.29, 1.82) is 0 Å². The van der Waals surface area contributed by atoms with Crippen molar-refractivity contribution in [1.82, 2.24) is 0 Å². The third kappa shape index (κ3) is 2.82. The summed E-state index contributed by atoms with van der Waals surface area (Å²) in [6.07, 6.45) is 4.31. The lowest BCUT2D eigenvalue weighted by atomic mass is 9.86. The molecule has 0 fully saturated rings. The van der Waals surface area contributed by atoms with E-state index in [1.165, 1.54) is 7.11 Å². The molecule has 3 nitrogen and oxygen atoms in total. The second-order valence-electron chi connectivity index (χ2n) is 4.20. The predicted octanol–water partition coefficient (Wildman–Crippen LogP) is 3.39. The molecule has 0 saturated heterocycles. The number of methoxy groups -OCH3 is 2. The Hall–Kier alpha value is -1.74. The summed E-state index contributed by atoms with van der Waals surface area (Å²) in [5.74, 6) is 0.144. The van der Waals surface area contributed by atoms with E-state index < -0.39 is 0 Å². The van der Waals surface area contributed by atoms with E-state index in [1.54, 1.807) is 7.11 Å². The van der Waals surface area contributed by atoms with Crippen molar-refractivity contribution < 1.29 is 14.3 Å². The van der Waals surface area contributed by atoms with Gasteiger partial charge in [0.15, 0.2) is 0 Å². The highest BCUT2D eigenvalue weighted by molar-refractivity contribution is 6.35. The fraction of sp³-hybridized carbons (Fsp3) is 0.267. The quantitative estimate of drug-likeness (QED) is 0.795. The van der Waals surface area contributed by atoms with E-state index in [9.17, 15) is 4.79 Å². The third-order valence-electron chi connectivity index (χ3n) is 3.13. The molecule has 100 valence electrons. The second-order valence-corrected chi connectivity index (χ2v) is 4.61. The topological polar surface area (TPSA) is 35.5 Å². The van der Waals surface area contributed by atoms with E-state index >= 15 is 0 Å². The maximum absolute atomic E-state index is 11.8. The lowest BCUT2D eigenvalue weighted by Gasteiger charge is -2.21. The maximum atomic E-state index is 11.8. The fourth-order valence-corrected chi connectivity index (χ4v) is 2.48. The Morgan fingerprint density at radius 2 is 1.95 bits per heavy atom. The molecule has 1 atom stereocenters. The van der Waals surface area contributed by atoms with Crippen LogP contribution in [-0.2, 0) is 9.53 Å². The summed E-state index contributed by atoms with van der Waals surface area (Å²) >= 11 is 6.24. The number of rotatable bonds is 3. The summed E-state index contributed by atoms with van der Waals surface area (Å²) in [4.78, 5) is 11.8. The third-order valence-corrected chi connectivity index (χ3v) is 3.46. The van der Waals surface area contributed by atoms with Crippen molar-refractivity contribution in [2.45, 2.75) is 6.42 Å². The maximum Gasteiger partial charge on any atom is 0.313 e. The molecule has 4 heteroatoms. The van der Waals surface area contributed by atoms with Gasteiger partial charge in [-0.25, -0.2) is 0 Å². The largest absolute Gasteiger partial charge is 0.497 e. The first-order chi connectivity index (χ1) is 9.17. The lowest BCUT2D eigenvalue weighted by Crippen LogP contribution is -2.19. The number of esters is 1. The van der Waals surface area contributed by atoms with E-state index in [2.05, 4.69) is 0 Å². The van der Waals surface area contributed by atoms with E-state index in [0.29, 0.717) is 11.5 Å². The van der Waals surface area contributed by atoms with Crippen molar-refractivity contribution in [3.05, 3.63) is 47.0 Å². The number of carbonyl (C=O) groups is 1. The minimum atomic E-state index is -0.351. The van der Waals surface area contributed by atoms with Crippen molar-refractivity contribution in [3.63, 3.8) is 0 Å². The SMILES string of the molecule is COC(=O)C1CC=CC(Cl)=C1c1ccc(OC)cc1. The smallest absolute Gasteiger partial charge is 0.313 e. The van der Waals surface area contributed by atoms with Gasteiger partial charge < -0.3 is 9.47 Å². The zero-order valence-electron chi connectivity index (χ0n) is 10.9. The summed E-state index contributed by atoms with van der Waals surface area (Å²) in [5.41, 5.74) is 1.71. The molecular formula is C15H15ClO3. The van der Waals surface area contributed by atoms with Crippen molar-refractivity contribution in [3.8, 4) is 5.75 Å². The van der Waals surface area contributed by atoms with E-state index in [4.69, 9.17) is 21.1 Å². The Morgan fingerprint density at radius 3 is 2.53 bits per heavy atom. The van der Waals surface area contributed by atoms with Crippen molar-refractivity contribution in [2.24, 2.45) is 5.92 Å². The average molecular weight is 279 g/mol. The van der Waals surface area contributed by atoms with Gasteiger partial charge in [-0.1, -0.05) is 29.8 Å². The highest BCUT2D eigenvalue weighted by Gasteiger charge is 2.28. The van der Waals surface area contributed by atoms with Crippen LogP contribution in [0.3, 0.4) is 0 Å². The van der Waals surface area contributed by atoms with Crippen LogP contribution in [0.1, 0.15) is 12.0 Å². The summed E-state index contributed by atoms with van der Waals surface area (Å²) in [7, 11) is 3.00. The van der Waals surface area contributed by atoms with Crippen LogP contribution in [0.15, 0.2) is 41.4 Å². The van der Waals surface area contributed by atoms with Crippen LogP contribution in [-0.4, -0.2) is 20.2 Å². The van der Waals surface area contributed by atoms with Gasteiger partial charge in [-0.3, -0.25) is 4.79 Å². The Kier molecular flexibility index (Phi) is 4.27. The fourth-order valence-electron chi connectivity index (χ4n) is 2.15. The van der Waals surface area contributed by atoms with Gasteiger partial charge in [0, 0.05) is 5.03 Å². The number of benzene rings is 1. The lowest BCUT2D eigenvalue weighted by molar-refractivity contribution is -0.143. The Balaban J connectivity index is 2.41. The molecule has 19 heavy (non-hydrogen) atoms. The summed E-state index contributed by atoms with van der Waals surface area (Å²) in [5, 5.41) is 0.576. The molecule has 1 aliphatic rings. The van der Waals surface area contributed by atoms with Gasteiger partial charge in [0.2, 0.25) is 0 Å². The first kappa shape index (κ1) is 13.7. The van der Waals surface area contributed by atoms with Crippen molar-refractivity contribution in [2.75, 3.05) is 14.2 Å². The van der Waals surface area contributed by atoms with Crippen LogP contribution in [0, 0.1) is 5.92 Å². The van der Waals surface area contributed by atoms with E-state index in [1.807, 2.05) is 36.4 Å². The molecular weight excluding hydrogens is 264 g/mol. The number of allylic oxidation sites excluding steroid dienone is 3. The summed E-state index contributed by atoms with van der Waals surface area (Å²) < 4.78 is 9.97. The van der Waals surface area contributed by atoms with E-state index in [-0.39, 0.29) is 11.9 Å². The van der Waals surface area contributed by atoms with Gasteiger partial charge in [-0.05, 0) is 35.8 Å². The molecule has 0 aliphatic heterocycles. The first-order valence-corrected chi connectivity index (χ1v) is 6.33. The Morgan fingerprint density at radius 1 is 1.26 bits per heavy atom. The van der Waals surface area contributed by atoms with Crippen LogP contribution in [0.5, 0.6) is 5.75 Å².